The van der Waals surface area contributed by atoms with E-state index in [1.807, 2.05) is 55.1 Å². The van der Waals surface area contributed by atoms with E-state index in [4.69, 9.17) is 0 Å². The second-order valence-corrected chi connectivity index (χ2v) is 28.5. The molecule has 0 radical (unpaired) electrons. The Morgan fingerprint density at radius 1 is 0.398 bits per heavy atom. The summed E-state index contributed by atoms with van der Waals surface area (Å²) in [6, 6.07) is 54.3. The topological polar surface area (TPSA) is 297 Å². The molecule has 5 amide bonds. The number of aromatic amines is 2. The summed E-state index contributed by atoms with van der Waals surface area (Å²) in [4.78, 5) is 127. The fourth-order valence-electron chi connectivity index (χ4n) is 10.8. The molecule has 0 bridgehead atoms. The number of hydrogen-bond donors (Lipinski definition) is 7. The number of hydrogen-bond acceptors (Lipinski definition) is 12. The van der Waals surface area contributed by atoms with Crippen LogP contribution in [-0.4, -0.2) is 90.0 Å². The monoisotopic (exact) mass is 1500 g/mol. The highest BCUT2D eigenvalue weighted by Crippen LogP contribution is 2.34. The number of ketones is 4. The van der Waals surface area contributed by atoms with Crippen LogP contribution in [0.5, 0.6) is 0 Å². The number of sulfonamides is 1. The number of aromatic nitrogens is 2. The Labute approximate surface area is 629 Å². The van der Waals surface area contributed by atoms with E-state index in [9.17, 15) is 69.5 Å². The number of benzene rings is 8. The van der Waals surface area contributed by atoms with Gasteiger partial charge in [-0.05, 0) is 140 Å². The van der Waals surface area contributed by atoms with Gasteiger partial charge in [0.05, 0.1) is 28.5 Å². The zero-order valence-corrected chi connectivity index (χ0v) is 64.0. The van der Waals surface area contributed by atoms with Gasteiger partial charge in [0.2, 0.25) is 27.7 Å². The van der Waals surface area contributed by atoms with Crippen LogP contribution in [-0.2, 0) is 24.4 Å². The number of alkyl halides is 3. The van der Waals surface area contributed by atoms with E-state index in [2.05, 4.69) is 97.8 Å². The normalized spacial score (nSPS) is 13.4. The number of amides is 5. The number of imidazole rings is 1. The van der Waals surface area contributed by atoms with Crippen LogP contribution in [0.25, 0.3) is 11.0 Å². The van der Waals surface area contributed by atoms with Gasteiger partial charge < -0.3 is 31.2 Å². The molecule has 2 aliphatic carbocycles. The fraction of sp³-hybridized carbons (Fsp3) is 0.318. The van der Waals surface area contributed by atoms with Crippen LogP contribution in [0, 0.1) is 17.8 Å². The van der Waals surface area contributed by atoms with Crippen molar-refractivity contribution in [2.24, 2.45) is 17.8 Å². The third-order valence-corrected chi connectivity index (χ3v) is 19.4. The molecule has 23 heteroatoms. The first-order chi connectivity index (χ1) is 51.2. The van der Waals surface area contributed by atoms with Crippen molar-refractivity contribution < 1.29 is 64.7 Å². The number of H-pyrrole nitrogens is 2. The van der Waals surface area contributed by atoms with E-state index in [0.717, 1.165) is 31.0 Å². The van der Waals surface area contributed by atoms with Crippen LogP contribution in [0.1, 0.15) is 240 Å². The van der Waals surface area contributed by atoms with Crippen LogP contribution in [0.4, 0.5) is 30.2 Å². The molecule has 6 unspecified atom stereocenters. The SMILES string of the molecule is CCC(C)C(=O)NCC(F)(F)F.CCC(C)C(=O)NS(C)(=O)=O.CCC(C)C(=O)Nc1ccc2[nH]c(=O)[nH]c2c1.CCC(C)c1ccc(C(=O)Nc2ccc3c(c2)C(=O)c2ccccc2C3=O)cc1.CCC(C)c1ccc(C(=O)Nc2cccc3c2C(=O)c2ccccc2C3=O)cc1.CCC(C)c1ccccc1. The lowest BCUT2D eigenvalue weighted by atomic mass is 9.83. The Morgan fingerprint density at radius 2 is 0.796 bits per heavy atom. The first-order valence-electron chi connectivity index (χ1n) is 36.1. The smallest absolute Gasteiger partial charge is 0.347 e. The molecule has 1 heterocycles. The van der Waals surface area contributed by atoms with E-state index in [1.165, 1.54) is 23.1 Å². The minimum absolute atomic E-state index is 0.00951. The molecule has 0 spiro atoms. The molecule has 0 fully saturated rings. The summed E-state index contributed by atoms with van der Waals surface area (Å²) in [5, 5.41) is 10.3. The summed E-state index contributed by atoms with van der Waals surface area (Å²) in [7, 11) is -3.38. The van der Waals surface area contributed by atoms with Gasteiger partial charge in [-0.2, -0.15) is 13.2 Å². The molecule has 9 aromatic rings. The summed E-state index contributed by atoms with van der Waals surface area (Å²) in [5.74, 6) is -1.43. The average molecular weight is 1500 g/mol. The fourth-order valence-corrected chi connectivity index (χ4v) is 11.4. The zero-order valence-electron chi connectivity index (χ0n) is 63.2. The Morgan fingerprint density at radius 3 is 1.28 bits per heavy atom. The Kier molecular flexibility index (Phi) is 31.7. The van der Waals surface area contributed by atoms with Gasteiger partial charge in [-0.25, -0.2) is 13.2 Å². The van der Waals surface area contributed by atoms with Gasteiger partial charge in [0.15, 0.2) is 23.1 Å². The highest BCUT2D eigenvalue weighted by atomic mass is 32.2. The second-order valence-electron chi connectivity index (χ2n) is 26.7. The number of anilines is 3. The molecule has 0 aliphatic heterocycles. The third-order valence-electron chi connectivity index (χ3n) is 18.8. The van der Waals surface area contributed by atoms with Crippen molar-refractivity contribution in [2.45, 2.75) is 146 Å². The van der Waals surface area contributed by atoms with Gasteiger partial charge in [-0.1, -0.05) is 198 Å². The quantitative estimate of drug-likeness (QED) is 0.0398. The summed E-state index contributed by atoms with van der Waals surface area (Å²) in [6.07, 6.45) is 1.93. The van der Waals surface area contributed by atoms with E-state index >= 15 is 0 Å². The van der Waals surface area contributed by atoms with Crippen molar-refractivity contribution >= 4 is 90.8 Å². The molecule has 0 saturated heterocycles. The lowest BCUT2D eigenvalue weighted by molar-refractivity contribution is -0.140. The molecule has 2 aliphatic rings. The van der Waals surface area contributed by atoms with E-state index in [0.29, 0.717) is 103 Å². The number of rotatable bonds is 19. The number of carbonyl (C=O) groups is 9. The summed E-state index contributed by atoms with van der Waals surface area (Å²) >= 11 is 0. The molecule has 1 aromatic heterocycles. The molecule has 570 valence electrons. The maximum atomic E-state index is 13.0. The molecule has 19 nitrogen and oxygen atoms in total. The lowest BCUT2D eigenvalue weighted by Gasteiger charge is -2.20. The van der Waals surface area contributed by atoms with Crippen LogP contribution in [0.15, 0.2) is 187 Å². The van der Waals surface area contributed by atoms with Crippen molar-refractivity contribution in [3.63, 3.8) is 0 Å². The van der Waals surface area contributed by atoms with Crippen LogP contribution in [0.2, 0.25) is 0 Å². The first-order valence-corrected chi connectivity index (χ1v) is 38.0. The van der Waals surface area contributed by atoms with Crippen molar-refractivity contribution in [2.75, 3.05) is 28.8 Å². The molecular weight excluding hydrogens is 1400 g/mol. The standard InChI is InChI=1S/2C25H21NO3.C12H15N3O2.C10H14.C7H12F3NO.C6H13NO3S/c1-3-15(2)16-11-13-17(14-12-16)25(29)26-21-10-6-9-20-22(21)24(28)19-8-5-4-7-18(19)23(20)27;1-3-15(2)16-8-10-17(11-9-16)25(29)26-18-12-13-21-22(14-18)24(28)20-7-5-4-6-19(20)23(21)27;1-3-7(2)11(16)13-8-4-5-9-10(6-8)15-12(17)14-9;1-3-9(2)10-7-5-4-6-8-10;1-3-5(2)6(12)11-4-7(8,9)10;1-4-5(2)6(8)7-11(3,9)10/h2*4-15H,3H2,1-2H3,(H,26,29);4-7H,3H2,1-2H3,(H,13,16)(H2,14,15,17);4-9H,3H2,1-2H3;5H,3-4H2,1-2H3,(H,11,12);5H,4H2,1-3H3,(H,7,8). The highest BCUT2D eigenvalue weighted by Gasteiger charge is 2.33. The van der Waals surface area contributed by atoms with Gasteiger partial charge in [0.1, 0.15) is 6.54 Å². The molecule has 7 N–H and O–H groups in total. The van der Waals surface area contributed by atoms with Crippen molar-refractivity contribution in [1.82, 2.24) is 20.0 Å². The van der Waals surface area contributed by atoms with E-state index < -0.39 is 34.6 Å². The number of fused-ring (bicyclic) bond motifs is 5. The summed E-state index contributed by atoms with van der Waals surface area (Å²) < 4.78 is 57.7. The molecule has 8 aromatic carbocycles. The molecule has 6 atom stereocenters. The van der Waals surface area contributed by atoms with E-state index in [1.54, 1.807) is 148 Å². The van der Waals surface area contributed by atoms with Gasteiger partial charge in [0.25, 0.3) is 11.8 Å². The first kappa shape index (κ1) is 85.7. The van der Waals surface area contributed by atoms with Crippen LogP contribution >= 0.6 is 0 Å². The van der Waals surface area contributed by atoms with Crippen LogP contribution < -0.4 is 31.7 Å². The minimum atomic E-state index is -4.32. The second kappa shape index (κ2) is 40.0. The Balaban J connectivity index is 0.000000214. The largest absolute Gasteiger partial charge is 0.405 e. The third kappa shape index (κ3) is 24.2. The highest BCUT2D eigenvalue weighted by molar-refractivity contribution is 7.89. The van der Waals surface area contributed by atoms with E-state index in [-0.39, 0.29) is 69.9 Å². The predicted octanol–water partition coefficient (Wildman–Crippen LogP) is 17.3. The van der Waals surface area contributed by atoms with Gasteiger partial charge in [-0.3, -0.25) is 47.9 Å². The van der Waals surface area contributed by atoms with Crippen molar-refractivity contribution in [1.29, 1.82) is 0 Å². The molecule has 108 heavy (non-hydrogen) atoms. The van der Waals surface area contributed by atoms with Gasteiger partial charge in [0, 0.05) is 79.2 Å². The van der Waals surface area contributed by atoms with Crippen LogP contribution in [0.3, 0.4) is 0 Å². The lowest BCUT2D eigenvalue weighted by Crippen LogP contribution is -2.36. The minimum Gasteiger partial charge on any atom is -0.347 e. The number of halogens is 3. The average Bonchev–Trinajstić information content (AvgIpc) is 0.905. The molecule has 11 rings (SSSR count). The van der Waals surface area contributed by atoms with Crippen molar-refractivity contribution in [3.8, 4) is 0 Å². The van der Waals surface area contributed by atoms with Gasteiger partial charge in [-0.15, -0.1) is 0 Å². The maximum absolute atomic E-state index is 13.0. The Hall–Kier alpha value is -11.2. The predicted molar refractivity (Wildman–Crippen MR) is 419 cm³/mol. The summed E-state index contributed by atoms with van der Waals surface area (Å²) in [5.41, 5.74) is 10.4. The van der Waals surface area contributed by atoms with Gasteiger partial charge >= 0.3 is 11.9 Å². The zero-order chi connectivity index (χ0) is 79.7. The summed E-state index contributed by atoms with van der Waals surface area (Å²) in [6.45, 7) is 22.5. The number of nitrogens with one attached hydrogen (secondary N) is 7. The molecule has 0 saturated carbocycles. The maximum Gasteiger partial charge on any atom is 0.405 e. The Bertz CT molecular complexity index is 4820. The molecular formula is C85H96F3N7O12S. The van der Waals surface area contributed by atoms with Crippen molar-refractivity contribution in [3.05, 3.63) is 265 Å². The number of carbonyl (C=O) groups excluding carboxylic acids is 9.